The molecule has 3 N–H and O–H groups in total. The Morgan fingerprint density at radius 2 is 1.69 bits per heavy atom. The lowest BCUT2D eigenvalue weighted by Crippen LogP contribution is -2.48. The van der Waals surface area contributed by atoms with E-state index in [1.165, 1.54) is 11.8 Å². The van der Waals surface area contributed by atoms with Crippen molar-refractivity contribution in [2.45, 2.75) is 90.4 Å². The van der Waals surface area contributed by atoms with Gasteiger partial charge in [0.1, 0.15) is 6.26 Å². The largest absolute Gasteiger partial charge is 0.445 e. The minimum Gasteiger partial charge on any atom is -0.445 e. The highest BCUT2D eigenvalue weighted by molar-refractivity contribution is 6.01. The molecule has 0 unspecified atom stereocenters. The number of hydrogen-bond donors (Lipinski definition) is 3. The zero-order chi connectivity index (χ0) is 34.0. The Hall–Kier alpha value is -4.27. The lowest BCUT2D eigenvalue weighted by Gasteiger charge is -2.30. The van der Waals surface area contributed by atoms with Crippen LogP contribution in [0.25, 0.3) is 11.5 Å². The summed E-state index contributed by atoms with van der Waals surface area (Å²) in [4.78, 5) is 34.5. The van der Waals surface area contributed by atoms with Gasteiger partial charge in [-0.25, -0.2) is 4.98 Å². The SMILES string of the molecule is CC(C)c1cccc(CNC[C@@H](O)[C@@H]2C[C@H](C)CCCCCN([C@H](C)c3ccccc3)C(=O)c3cc(cc(-c4ncco4)c3)C(=O)N2)c1. The maximum Gasteiger partial charge on any atom is 0.254 e. The average Bonchev–Trinajstić information content (AvgIpc) is 3.64. The van der Waals surface area contributed by atoms with Crippen molar-refractivity contribution < 1.29 is 19.1 Å². The summed E-state index contributed by atoms with van der Waals surface area (Å²) in [5, 5.41) is 18.0. The number of carbonyl (C=O) groups excluding carboxylic acids is 2. The summed E-state index contributed by atoms with van der Waals surface area (Å²) in [6, 6.07) is 23.0. The van der Waals surface area contributed by atoms with Crippen molar-refractivity contribution in [1.29, 1.82) is 0 Å². The second kappa shape index (κ2) is 16.7. The van der Waals surface area contributed by atoms with Crippen molar-refractivity contribution in [2.75, 3.05) is 13.1 Å². The normalized spacial score (nSPS) is 19.3. The van der Waals surface area contributed by atoms with Crippen LogP contribution >= 0.6 is 0 Å². The number of fused-ring (bicyclic) bond motifs is 2. The first-order valence-electron chi connectivity index (χ1n) is 17.4. The number of benzene rings is 3. The maximum atomic E-state index is 14.3. The van der Waals surface area contributed by atoms with Crippen molar-refractivity contribution in [1.82, 2.24) is 20.5 Å². The number of oxazole rings is 1. The standard InChI is InChI=1S/C40H50N4O4/c1-27(2)32-16-11-13-30(21-32)25-41-26-37(45)36-20-28(3)12-7-6-10-18-44(29(4)31-14-8-5-9-15-31)40(47)35-23-33(38(46)43-36)22-34(24-35)39-42-17-19-48-39/h5,8-9,11,13-17,19,21-24,27-29,36-37,41,45H,6-7,10,12,18,20,25-26H2,1-4H3,(H,43,46)/t28-,29-,36+,37-/m1/s1. The second-order valence-electron chi connectivity index (χ2n) is 13.6. The van der Waals surface area contributed by atoms with E-state index in [0.717, 1.165) is 36.8 Å². The van der Waals surface area contributed by atoms with Gasteiger partial charge in [-0.2, -0.15) is 0 Å². The molecule has 0 spiro atoms. The molecule has 0 radical (unpaired) electrons. The third-order valence-electron chi connectivity index (χ3n) is 9.47. The topological polar surface area (TPSA) is 108 Å². The molecule has 2 heterocycles. The van der Waals surface area contributed by atoms with E-state index >= 15 is 0 Å². The molecule has 8 heteroatoms. The molecule has 2 bridgehead atoms. The van der Waals surface area contributed by atoms with Gasteiger partial charge < -0.3 is 25.1 Å². The lowest BCUT2D eigenvalue weighted by atomic mass is 9.92. The lowest BCUT2D eigenvalue weighted by molar-refractivity contribution is 0.0686. The number of rotatable bonds is 9. The first-order valence-corrected chi connectivity index (χ1v) is 17.4. The smallest absolute Gasteiger partial charge is 0.254 e. The zero-order valence-corrected chi connectivity index (χ0v) is 28.7. The van der Waals surface area contributed by atoms with Gasteiger partial charge in [-0.15, -0.1) is 0 Å². The number of aliphatic hydroxyl groups is 1. The van der Waals surface area contributed by atoms with Crippen LogP contribution in [0.1, 0.15) is 109 Å². The van der Waals surface area contributed by atoms with Crippen molar-refractivity contribution in [3.63, 3.8) is 0 Å². The summed E-state index contributed by atoms with van der Waals surface area (Å²) >= 11 is 0. The molecule has 1 aliphatic rings. The first-order chi connectivity index (χ1) is 23.2. The number of nitrogens with zero attached hydrogens (tertiary/aromatic N) is 2. The van der Waals surface area contributed by atoms with Crippen LogP contribution in [0.3, 0.4) is 0 Å². The molecule has 1 aliphatic heterocycles. The Morgan fingerprint density at radius 1 is 0.938 bits per heavy atom. The molecule has 0 saturated carbocycles. The second-order valence-corrected chi connectivity index (χ2v) is 13.6. The molecule has 8 nitrogen and oxygen atoms in total. The molecule has 254 valence electrons. The maximum absolute atomic E-state index is 14.3. The Kier molecular flexibility index (Phi) is 12.2. The molecule has 3 aromatic carbocycles. The molecule has 5 rings (SSSR count). The van der Waals surface area contributed by atoms with Crippen molar-refractivity contribution in [3.8, 4) is 11.5 Å². The summed E-state index contributed by atoms with van der Waals surface area (Å²) < 4.78 is 5.60. The van der Waals surface area contributed by atoms with Crippen LogP contribution in [0.15, 0.2) is 89.7 Å². The third-order valence-corrected chi connectivity index (χ3v) is 9.47. The van der Waals surface area contributed by atoms with E-state index in [1.54, 1.807) is 24.4 Å². The van der Waals surface area contributed by atoms with E-state index in [-0.39, 0.29) is 23.8 Å². The van der Waals surface area contributed by atoms with Gasteiger partial charge in [-0.05, 0) is 66.5 Å². The summed E-state index contributed by atoms with van der Waals surface area (Å²) in [5.74, 6) is 0.549. The number of nitrogens with one attached hydrogen (secondary N) is 2. The van der Waals surface area contributed by atoms with Crippen molar-refractivity contribution in [2.24, 2.45) is 5.92 Å². The van der Waals surface area contributed by atoms with Gasteiger partial charge >= 0.3 is 0 Å². The summed E-state index contributed by atoms with van der Waals surface area (Å²) in [7, 11) is 0. The molecule has 0 fully saturated rings. The molecule has 4 atom stereocenters. The molecule has 0 aliphatic carbocycles. The average molecular weight is 651 g/mol. The fraction of sp³-hybridized carbons (Fsp3) is 0.425. The Balaban J connectivity index is 1.42. The summed E-state index contributed by atoms with van der Waals surface area (Å²) in [6.45, 7) is 10.1. The fourth-order valence-electron chi connectivity index (χ4n) is 6.56. The number of aliphatic hydroxyl groups excluding tert-OH is 1. The third kappa shape index (κ3) is 9.20. The summed E-state index contributed by atoms with van der Waals surface area (Å²) in [6.07, 6.45) is 6.68. The van der Waals surface area contributed by atoms with E-state index in [2.05, 4.69) is 67.6 Å². The van der Waals surface area contributed by atoms with E-state index in [0.29, 0.717) is 54.6 Å². The van der Waals surface area contributed by atoms with Gasteiger partial charge in [0.2, 0.25) is 5.89 Å². The van der Waals surface area contributed by atoms with Crippen molar-refractivity contribution >= 4 is 11.8 Å². The summed E-state index contributed by atoms with van der Waals surface area (Å²) in [5.41, 5.74) is 4.74. The predicted molar refractivity (Wildman–Crippen MR) is 190 cm³/mol. The van der Waals surface area contributed by atoms with Gasteiger partial charge in [0.05, 0.1) is 24.4 Å². The predicted octanol–water partition coefficient (Wildman–Crippen LogP) is 7.52. The highest BCUT2D eigenvalue weighted by Crippen LogP contribution is 2.28. The molecular formula is C40H50N4O4. The molecule has 48 heavy (non-hydrogen) atoms. The number of hydrogen-bond acceptors (Lipinski definition) is 6. The van der Waals surface area contributed by atoms with Gasteiger partial charge in [0, 0.05) is 36.3 Å². The monoisotopic (exact) mass is 650 g/mol. The fourth-order valence-corrected chi connectivity index (χ4v) is 6.56. The molecule has 4 aromatic rings. The van der Waals surface area contributed by atoms with E-state index < -0.39 is 12.1 Å². The van der Waals surface area contributed by atoms with Gasteiger partial charge in [0.25, 0.3) is 11.8 Å². The van der Waals surface area contributed by atoms with Crippen molar-refractivity contribution in [3.05, 3.63) is 113 Å². The minimum absolute atomic E-state index is 0.153. The van der Waals surface area contributed by atoms with Crippen LogP contribution in [-0.4, -0.2) is 52.0 Å². The van der Waals surface area contributed by atoms with Crippen LogP contribution in [0, 0.1) is 5.92 Å². The molecule has 1 aromatic heterocycles. The minimum atomic E-state index is -0.807. The quantitative estimate of drug-likeness (QED) is 0.173. The van der Waals surface area contributed by atoms with Crippen LogP contribution in [0.4, 0.5) is 0 Å². The van der Waals surface area contributed by atoms with E-state index in [9.17, 15) is 14.7 Å². The van der Waals surface area contributed by atoms with Gasteiger partial charge in [-0.1, -0.05) is 94.6 Å². The number of aromatic nitrogens is 1. The van der Waals surface area contributed by atoms with Gasteiger partial charge in [-0.3, -0.25) is 9.59 Å². The highest BCUT2D eigenvalue weighted by atomic mass is 16.3. The van der Waals surface area contributed by atoms with Crippen LogP contribution in [-0.2, 0) is 6.54 Å². The Labute approximate surface area is 285 Å². The molecular weight excluding hydrogens is 600 g/mol. The highest BCUT2D eigenvalue weighted by Gasteiger charge is 2.28. The van der Waals surface area contributed by atoms with Gasteiger partial charge in [0.15, 0.2) is 0 Å². The first kappa shape index (κ1) is 35.0. The van der Waals surface area contributed by atoms with Crippen LogP contribution in [0.2, 0.25) is 0 Å². The van der Waals surface area contributed by atoms with Crippen LogP contribution < -0.4 is 10.6 Å². The molecule has 2 amide bonds. The van der Waals surface area contributed by atoms with Crippen LogP contribution in [0.5, 0.6) is 0 Å². The number of amides is 2. The molecule has 0 saturated heterocycles. The van der Waals surface area contributed by atoms with E-state index in [1.807, 2.05) is 35.2 Å². The Bertz CT molecular complexity index is 1620. The van der Waals surface area contributed by atoms with E-state index in [4.69, 9.17) is 4.42 Å². The zero-order valence-electron chi connectivity index (χ0n) is 28.7. The number of carbonyl (C=O) groups is 2. The Morgan fingerprint density at radius 3 is 2.44 bits per heavy atom.